The summed E-state index contributed by atoms with van der Waals surface area (Å²) in [5.41, 5.74) is 3.02. The Bertz CT molecular complexity index is 865. The number of nitrogens with zero attached hydrogens (tertiary/aromatic N) is 3. The molecule has 4 rings (SSSR count). The molecule has 2 aromatic rings. The second kappa shape index (κ2) is 7.97. The maximum absolute atomic E-state index is 13.2. The fraction of sp³-hybridized carbons (Fsp3) is 0.458. The van der Waals surface area contributed by atoms with Gasteiger partial charge in [-0.15, -0.1) is 0 Å². The summed E-state index contributed by atoms with van der Waals surface area (Å²) in [6.45, 7) is 1.37. The summed E-state index contributed by atoms with van der Waals surface area (Å²) < 4.78 is 0. The molecule has 5 heteroatoms. The molecule has 152 valence electrons. The first-order valence-corrected chi connectivity index (χ1v) is 10.5. The molecule has 1 saturated carbocycles. The molecule has 2 aliphatic rings. The number of amides is 2. The van der Waals surface area contributed by atoms with Crippen LogP contribution in [0.2, 0.25) is 0 Å². The van der Waals surface area contributed by atoms with Crippen molar-refractivity contribution in [2.24, 2.45) is 11.3 Å². The number of hydrogen-bond acceptors (Lipinski definition) is 3. The van der Waals surface area contributed by atoms with E-state index in [9.17, 15) is 9.59 Å². The van der Waals surface area contributed by atoms with E-state index in [-0.39, 0.29) is 17.7 Å². The highest BCUT2D eigenvalue weighted by atomic mass is 16.2. The molecule has 0 atom stereocenters. The summed E-state index contributed by atoms with van der Waals surface area (Å²) >= 11 is 0. The number of pyridine rings is 1. The summed E-state index contributed by atoms with van der Waals surface area (Å²) in [7, 11) is 3.66. The van der Waals surface area contributed by atoms with Crippen LogP contribution in [0.1, 0.15) is 31.2 Å². The van der Waals surface area contributed by atoms with Crippen molar-refractivity contribution in [3.05, 3.63) is 54.4 Å². The number of hydrogen-bond donors (Lipinski definition) is 0. The van der Waals surface area contributed by atoms with Gasteiger partial charge < -0.3 is 9.80 Å². The second-order valence-electron chi connectivity index (χ2n) is 8.69. The third-order valence-electron chi connectivity index (χ3n) is 6.33. The van der Waals surface area contributed by atoms with Crippen LogP contribution >= 0.6 is 0 Å². The molecule has 1 saturated heterocycles. The van der Waals surface area contributed by atoms with Gasteiger partial charge in [-0.2, -0.15) is 0 Å². The van der Waals surface area contributed by atoms with E-state index in [0.29, 0.717) is 19.5 Å². The van der Waals surface area contributed by atoms with E-state index in [1.165, 1.54) is 5.56 Å². The molecule has 0 N–H and O–H groups in total. The van der Waals surface area contributed by atoms with Crippen LogP contribution < -0.4 is 0 Å². The molecule has 29 heavy (non-hydrogen) atoms. The zero-order valence-corrected chi connectivity index (χ0v) is 17.3. The van der Waals surface area contributed by atoms with E-state index in [4.69, 9.17) is 0 Å². The molecule has 1 aromatic carbocycles. The van der Waals surface area contributed by atoms with Crippen molar-refractivity contribution in [2.75, 3.05) is 27.2 Å². The Morgan fingerprint density at radius 2 is 1.59 bits per heavy atom. The highest BCUT2D eigenvalue weighted by molar-refractivity contribution is 5.84. The quantitative estimate of drug-likeness (QED) is 0.785. The Hall–Kier alpha value is -2.69. The molecule has 0 bridgehead atoms. The predicted octanol–water partition coefficient (Wildman–Crippen LogP) is 3.40. The van der Waals surface area contributed by atoms with Gasteiger partial charge in [0.25, 0.3) is 0 Å². The van der Waals surface area contributed by atoms with Gasteiger partial charge in [0, 0.05) is 45.5 Å². The van der Waals surface area contributed by atoms with Crippen LogP contribution in [-0.2, 0) is 16.0 Å². The SMILES string of the molecule is CN(C)C(=O)C1(Cc2ccc(-c3ccncc3)cc2)CCN(C(=O)C2CC2)CC1. The molecular weight excluding hydrogens is 362 g/mol. The number of carbonyl (C=O) groups is 2. The Balaban J connectivity index is 1.50. The lowest BCUT2D eigenvalue weighted by Gasteiger charge is -2.42. The summed E-state index contributed by atoms with van der Waals surface area (Å²) in [5.74, 6) is 0.708. The van der Waals surface area contributed by atoms with Crippen molar-refractivity contribution in [1.82, 2.24) is 14.8 Å². The average Bonchev–Trinajstić information content (AvgIpc) is 3.60. The lowest BCUT2D eigenvalue weighted by atomic mass is 9.72. The smallest absolute Gasteiger partial charge is 0.228 e. The van der Waals surface area contributed by atoms with E-state index < -0.39 is 5.41 Å². The number of rotatable bonds is 5. The molecule has 2 heterocycles. The highest BCUT2D eigenvalue weighted by Crippen LogP contribution is 2.39. The normalized spacial score (nSPS) is 18.3. The molecule has 1 aliphatic heterocycles. The summed E-state index contributed by atoms with van der Waals surface area (Å²) in [6, 6.07) is 12.5. The van der Waals surface area contributed by atoms with E-state index >= 15 is 0 Å². The molecular formula is C24H29N3O2. The third kappa shape index (κ3) is 4.19. The Kier molecular flexibility index (Phi) is 5.39. The zero-order valence-electron chi connectivity index (χ0n) is 17.3. The number of carbonyl (C=O) groups excluding carboxylic acids is 2. The first-order chi connectivity index (χ1) is 14.0. The topological polar surface area (TPSA) is 53.5 Å². The Morgan fingerprint density at radius 3 is 2.14 bits per heavy atom. The van der Waals surface area contributed by atoms with Gasteiger partial charge in [0.1, 0.15) is 0 Å². The van der Waals surface area contributed by atoms with Crippen molar-refractivity contribution in [2.45, 2.75) is 32.1 Å². The Labute approximate surface area is 172 Å². The molecule has 1 aromatic heterocycles. The lowest BCUT2D eigenvalue weighted by molar-refractivity contribution is -0.146. The van der Waals surface area contributed by atoms with Crippen LogP contribution in [0.5, 0.6) is 0 Å². The van der Waals surface area contributed by atoms with Gasteiger partial charge in [-0.1, -0.05) is 24.3 Å². The predicted molar refractivity (Wildman–Crippen MR) is 113 cm³/mol. The first kappa shape index (κ1) is 19.6. The van der Waals surface area contributed by atoms with Gasteiger partial charge in [0.15, 0.2) is 0 Å². The van der Waals surface area contributed by atoms with Crippen LogP contribution in [-0.4, -0.2) is 53.8 Å². The van der Waals surface area contributed by atoms with E-state index in [1.54, 1.807) is 17.3 Å². The Morgan fingerprint density at radius 1 is 1.00 bits per heavy atom. The highest BCUT2D eigenvalue weighted by Gasteiger charge is 2.44. The van der Waals surface area contributed by atoms with Crippen molar-refractivity contribution in [3.8, 4) is 11.1 Å². The standard InChI is InChI=1S/C24H29N3O2/c1-26(2)23(29)24(11-15-27(16-12-24)22(28)21-7-8-21)17-18-3-5-19(6-4-18)20-9-13-25-14-10-20/h3-6,9-10,13-14,21H,7-8,11-12,15-17H2,1-2H3. The van der Waals surface area contributed by atoms with Gasteiger partial charge in [-0.25, -0.2) is 0 Å². The maximum Gasteiger partial charge on any atom is 0.228 e. The van der Waals surface area contributed by atoms with Gasteiger partial charge >= 0.3 is 0 Å². The molecule has 0 radical (unpaired) electrons. The summed E-state index contributed by atoms with van der Waals surface area (Å²) in [6.07, 6.45) is 7.83. The number of likely N-dealkylation sites (tertiary alicyclic amines) is 1. The lowest BCUT2D eigenvalue weighted by Crippen LogP contribution is -2.51. The van der Waals surface area contributed by atoms with E-state index in [0.717, 1.165) is 36.8 Å². The fourth-order valence-corrected chi connectivity index (χ4v) is 4.43. The molecule has 0 spiro atoms. The van der Waals surface area contributed by atoms with E-state index in [1.807, 2.05) is 31.1 Å². The van der Waals surface area contributed by atoms with Crippen LogP contribution in [0, 0.1) is 11.3 Å². The number of aromatic nitrogens is 1. The van der Waals surface area contributed by atoms with Crippen LogP contribution in [0.4, 0.5) is 0 Å². The largest absolute Gasteiger partial charge is 0.348 e. The first-order valence-electron chi connectivity index (χ1n) is 10.5. The molecule has 2 fully saturated rings. The minimum Gasteiger partial charge on any atom is -0.348 e. The van der Waals surface area contributed by atoms with Gasteiger partial charge in [-0.05, 0) is 60.9 Å². The fourth-order valence-electron chi connectivity index (χ4n) is 4.43. The van der Waals surface area contributed by atoms with Crippen molar-refractivity contribution < 1.29 is 9.59 Å². The van der Waals surface area contributed by atoms with Gasteiger partial charge in [0.05, 0.1) is 5.41 Å². The molecule has 2 amide bonds. The minimum atomic E-state index is -0.429. The van der Waals surface area contributed by atoms with Crippen LogP contribution in [0.3, 0.4) is 0 Å². The molecule has 1 aliphatic carbocycles. The monoisotopic (exact) mass is 391 g/mol. The minimum absolute atomic E-state index is 0.175. The maximum atomic E-state index is 13.2. The van der Waals surface area contributed by atoms with Crippen molar-refractivity contribution in [3.63, 3.8) is 0 Å². The van der Waals surface area contributed by atoms with Crippen LogP contribution in [0.15, 0.2) is 48.8 Å². The van der Waals surface area contributed by atoms with Crippen molar-refractivity contribution >= 4 is 11.8 Å². The molecule has 5 nitrogen and oxygen atoms in total. The van der Waals surface area contributed by atoms with Gasteiger partial charge in [0.2, 0.25) is 11.8 Å². The van der Waals surface area contributed by atoms with E-state index in [2.05, 4.69) is 29.2 Å². The summed E-state index contributed by atoms with van der Waals surface area (Å²) in [5, 5.41) is 0. The summed E-state index contributed by atoms with van der Waals surface area (Å²) in [4.78, 5) is 33.3. The second-order valence-corrected chi connectivity index (χ2v) is 8.69. The average molecular weight is 392 g/mol. The number of benzene rings is 1. The van der Waals surface area contributed by atoms with Crippen molar-refractivity contribution in [1.29, 1.82) is 0 Å². The molecule has 0 unspecified atom stereocenters. The van der Waals surface area contributed by atoms with Gasteiger partial charge in [-0.3, -0.25) is 14.6 Å². The number of piperidine rings is 1. The zero-order chi connectivity index (χ0) is 20.4. The van der Waals surface area contributed by atoms with Crippen LogP contribution in [0.25, 0.3) is 11.1 Å². The third-order valence-corrected chi connectivity index (χ3v) is 6.33.